The molecule has 0 aromatic heterocycles. The third kappa shape index (κ3) is 24.0. The molecule has 1 aromatic rings. The topological polar surface area (TPSA) is 299 Å². The zero-order valence-corrected chi connectivity index (χ0v) is 61.6. The number of carbonyl (C=O) groups is 12. The van der Waals surface area contributed by atoms with Gasteiger partial charge >= 0.3 is 0 Å². The summed E-state index contributed by atoms with van der Waals surface area (Å²) in [5.74, 6) is -10.9. The van der Waals surface area contributed by atoms with E-state index in [1.54, 1.807) is 18.7 Å². The smallest absolute Gasteiger partial charge is 0.263 e. The number of amides is 12. The maximum Gasteiger partial charge on any atom is 0.263 e. The number of likely N-dealkylation sites (tertiary alicyclic amines) is 1. The van der Waals surface area contributed by atoms with Gasteiger partial charge in [-0.15, -0.1) is 0 Å². The fourth-order valence-corrected chi connectivity index (χ4v) is 12.4. The van der Waals surface area contributed by atoms with Crippen molar-refractivity contribution in [2.75, 3.05) is 69.0 Å². The van der Waals surface area contributed by atoms with Gasteiger partial charge in [-0.05, 0) is 106 Å². The zero-order valence-electron chi connectivity index (χ0n) is 61.6. The summed E-state index contributed by atoms with van der Waals surface area (Å²) in [4.78, 5) is 187. The molecule has 5 N–H and O–H groups in total. The van der Waals surface area contributed by atoms with E-state index in [4.69, 9.17) is 0 Å². The Balaban J connectivity index is 2.38. The zero-order chi connectivity index (χ0) is 73.9. The van der Waals surface area contributed by atoms with Crippen LogP contribution < -0.4 is 21.3 Å². The Kier molecular flexibility index (Phi) is 33.0. The molecule has 0 spiro atoms. The molecule has 548 valence electrons. The van der Waals surface area contributed by atoms with Gasteiger partial charge in [0.25, 0.3) is 6.43 Å². The first-order valence-corrected chi connectivity index (χ1v) is 34.4. The van der Waals surface area contributed by atoms with Crippen LogP contribution in [0, 0.1) is 35.5 Å². The van der Waals surface area contributed by atoms with E-state index in [1.807, 2.05) is 69.2 Å². The average molecular weight is 1370 g/mol. The fourth-order valence-electron chi connectivity index (χ4n) is 12.4. The van der Waals surface area contributed by atoms with Crippen molar-refractivity contribution in [2.24, 2.45) is 35.5 Å². The van der Waals surface area contributed by atoms with Crippen molar-refractivity contribution in [3.8, 4) is 0 Å². The molecule has 0 bridgehead atoms. The largest absolute Gasteiger partial charge is 0.391 e. The lowest BCUT2D eigenvalue weighted by molar-refractivity contribution is -0.152. The van der Waals surface area contributed by atoms with E-state index in [0.717, 1.165) is 30.9 Å². The molecular formula is C70H116F2N12O13. The van der Waals surface area contributed by atoms with Gasteiger partial charge < -0.3 is 65.6 Å². The Morgan fingerprint density at radius 2 is 0.918 bits per heavy atom. The number of likely N-dealkylation sites (N-methyl/N-ethyl adjacent to an activating group) is 7. The van der Waals surface area contributed by atoms with Crippen molar-refractivity contribution in [1.82, 2.24) is 60.5 Å². The van der Waals surface area contributed by atoms with Crippen LogP contribution in [-0.4, -0.2) is 251 Å². The Labute approximate surface area is 574 Å². The van der Waals surface area contributed by atoms with E-state index >= 15 is 24.0 Å². The molecule has 2 saturated heterocycles. The highest BCUT2D eigenvalue weighted by atomic mass is 19.3. The van der Waals surface area contributed by atoms with E-state index in [-0.39, 0.29) is 73.7 Å². The van der Waals surface area contributed by atoms with Crippen LogP contribution in [0.15, 0.2) is 24.3 Å². The number of rotatable bonds is 16. The molecule has 2 heterocycles. The molecule has 0 unspecified atom stereocenters. The SMILES string of the molecule is CC(C)C[C@@H]1NC(=O)[C@H](C)N(C)C(=O)C[C@@H](C(=O)N2CCCCC2)NC(=O)[C@H](CC(C)C)N(C)C(=O)CN(C)C(=O)[C@H]([C@@H](C)O)NC(=O)[C@H](C(C)C)N(C)C(=O)[C@H](CC(C)C)N(C)C(=O)[C@H](Cc2ccc(C(F)F)cc2)NC(=O)[C@H](CC(C)C)N(C)C(=O)[C@H](CC(C)C)N(C)C1=O. The number of hydrogen-bond acceptors (Lipinski definition) is 13. The van der Waals surface area contributed by atoms with E-state index in [0.29, 0.717) is 31.5 Å². The molecule has 2 aliphatic rings. The van der Waals surface area contributed by atoms with Crippen molar-refractivity contribution >= 4 is 70.9 Å². The van der Waals surface area contributed by atoms with E-state index < -0.39 is 163 Å². The second-order valence-corrected chi connectivity index (χ2v) is 29.3. The van der Waals surface area contributed by atoms with Crippen LogP contribution in [0.1, 0.15) is 172 Å². The first-order valence-electron chi connectivity index (χ1n) is 34.4. The summed E-state index contributed by atoms with van der Waals surface area (Å²) in [5.41, 5.74) is 0.0536. The predicted octanol–water partition coefficient (Wildman–Crippen LogP) is 4.23. The van der Waals surface area contributed by atoms with Gasteiger partial charge in [-0.25, -0.2) is 8.78 Å². The quantitative estimate of drug-likeness (QED) is 0.155. The normalized spacial score (nSPS) is 25.7. The summed E-state index contributed by atoms with van der Waals surface area (Å²) >= 11 is 0. The number of hydrogen-bond donors (Lipinski definition) is 5. The maximum absolute atomic E-state index is 15.4. The Morgan fingerprint density at radius 3 is 1.38 bits per heavy atom. The fraction of sp³-hybridized carbons (Fsp3) is 0.743. The van der Waals surface area contributed by atoms with E-state index in [9.17, 15) is 47.4 Å². The molecular weight excluding hydrogens is 1250 g/mol. The highest BCUT2D eigenvalue weighted by Gasteiger charge is 2.44. The molecule has 11 atom stereocenters. The molecule has 25 nitrogen and oxygen atoms in total. The van der Waals surface area contributed by atoms with Crippen LogP contribution in [0.25, 0.3) is 0 Å². The van der Waals surface area contributed by atoms with Crippen molar-refractivity contribution in [1.29, 1.82) is 0 Å². The predicted molar refractivity (Wildman–Crippen MR) is 364 cm³/mol. The molecule has 1 aromatic carbocycles. The maximum atomic E-state index is 15.4. The number of nitrogens with one attached hydrogen (secondary N) is 4. The van der Waals surface area contributed by atoms with Crippen molar-refractivity contribution < 1.29 is 71.4 Å². The second kappa shape index (κ2) is 38.1. The Bertz CT molecular complexity index is 2870. The van der Waals surface area contributed by atoms with Crippen LogP contribution in [0.4, 0.5) is 8.78 Å². The molecule has 2 fully saturated rings. The van der Waals surface area contributed by atoms with Crippen molar-refractivity contribution in [3.05, 3.63) is 35.4 Å². The van der Waals surface area contributed by atoms with Gasteiger partial charge in [-0.2, -0.15) is 0 Å². The number of benzene rings is 1. The minimum atomic E-state index is -2.82. The van der Waals surface area contributed by atoms with E-state index in [1.165, 1.54) is 97.2 Å². The van der Waals surface area contributed by atoms with Crippen LogP contribution in [0.2, 0.25) is 0 Å². The van der Waals surface area contributed by atoms with Crippen LogP contribution in [-0.2, 0) is 64.0 Å². The molecule has 2 aliphatic heterocycles. The van der Waals surface area contributed by atoms with E-state index in [2.05, 4.69) is 21.3 Å². The molecule has 12 amide bonds. The van der Waals surface area contributed by atoms with Gasteiger partial charge in [0.15, 0.2) is 0 Å². The minimum absolute atomic E-state index is 0.0226. The summed E-state index contributed by atoms with van der Waals surface area (Å²) < 4.78 is 27.8. The molecule has 97 heavy (non-hydrogen) atoms. The summed E-state index contributed by atoms with van der Waals surface area (Å²) in [7, 11) is 9.51. The summed E-state index contributed by atoms with van der Waals surface area (Å²) in [6.07, 6.45) is -2.80. The van der Waals surface area contributed by atoms with Gasteiger partial charge in [0.1, 0.15) is 60.4 Å². The molecule has 27 heteroatoms. The number of halogens is 2. The lowest BCUT2D eigenvalue weighted by atomic mass is 9.95. The average Bonchev–Trinajstić information content (AvgIpc) is 0.817. The molecule has 3 rings (SSSR count). The monoisotopic (exact) mass is 1370 g/mol. The third-order valence-corrected chi connectivity index (χ3v) is 18.3. The van der Waals surface area contributed by atoms with Gasteiger partial charge in [0, 0.05) is 74.4 Å². The highest BCUT2D eigenvalue weighted by molar-refractivity contribution is 6.00. The highest BCUT2D eigenvalue weighted by Crippen LogP contribution is 2.26. The summed E-state index contributed by atoms with van der Waals surface area (Å²) in [6.45, 7) is 24.3. The Hall–Kier alpha value is -7.32. The third-order valence-electron chi connectivity index (χ3n) is 18.3. The number of carbonyl (C=O) groups excluding carboxylic acids is 12. The standard InChI is InChI=1S/C70H116F2N12O13/c1-39(2)31-49-65(92)81(19)54(34-42(7)8)68(95)80(18)53(33-41(5)6)63(90)74-50(36-47-25-27-48(28-26-47)60(71)72)66(93)82(20)55(35-43(9)10)69(96)83(21)59(44(11)12)64(91)76-58(46(14)85)70(97)77(15)38-57(87)79(17)52(32-40(3)4)62(89)75-51(67(94)84-29-23-22-24-30-84)37-56(86)78(16)45(13)61(88)73-49/h25-28,39-46,49-55,58-60,85H,22-24,29-38H2,1-21H3,(H,73,88)(H,74,90)(H,75,89)(H,76,91)/t45-,46+,49-,50-,51-,52-,53-,54-,55-,58-,59-/m0/s1. The van der Waals surface area contributed by atoms with Gasteiger partial charge in [-0.3, -0.25) is 57.5 Å². The molecule has 0 aliphatic carbocycles. The number of nitrogens with zero attached hydrogens (tertiary/aromatic N) is 8. The number of aliphatic hydroxyl groups excluding tert-OH is 1. The van der Waals surface area contributed by atoms with Crippen LogP contribution in [0.5, 0.6) is 0 Å². The van der Waals surface area contributed by atoms with Crippen LogP contribution >= 0.6 is 0 Å². The number of piperidine rings is 1. The Morgan fingerprint density at radius 1 is 0.485 bits per heavy atom. The summed E-state index contributed by atoms with van der Waals surface area (Å²) in [6, 6.07) is -8.53. The van der Waals surface area contributed by atoms with Gasteiger partial charge in [0.2, 0.25) is 70.9 Å². The molecule has 0 radical (unpaired) electrons. The first kappa shape index (κ1) is 83.9. The first-order chi connectivity index (χ1) is 45.0. The lowest BCUT2D eigenvalue weighted by Crippen LogP contribution is -2.62. The number of aliphatic hydroxyl groups is 1. The van der Waals surface area contributed by atoms with Gasteiger partial charge in [-0.1, -0.05) is 107 Å². The minimum Gasteiger partial charge on any atom is -0.391 e. The van der Waals surface area contributed by atoms with Crippen molar-refractivity contribution in [3.63, 3.8) is 0 Å². The lowest BCUT2D eigenvalue weighted by Gasteiger charge is -2.39. The number of alkyl halides is 2. The van der Waals surface area contributed by atoms with Crippen molar-refractivity contribution in [2.45, 2.75) is 234 Å². The van der Waals surface area contributed by atoms with Gasteiger partial charge in [0.05, 0.1) is 19.1 Å². The summed E-state index contributed by atoms with van der Waals surface area (Å²) in [5, 5.41) is 22.2. The van der Waals surface area contributed by atoms with Crippen LogP contribution in [0.3, 0.4) is 0 Å². The molecule has 0 saturated carbocycles. The second-order valence-electron chi connectivity index (χ2n) is 29.3.